The predicted molar refractivity (Wildman–Crippen MR) is 133 cm³/mol. The SMILES string of the molecule is CC(=O)OCCNC(=O)CC[C@@H](C)C1CCC2C3C(O)CC4C[C@H](N)CCC4(C)C3CCC21C. The molecule has 10 atom stereocenters. The Hall–Kier alpha value is -1.14. The molecule has 4 fully saturated rings. The zero-order chi connectivity index (χ0) is 24.7. The summed E-state index contributed by atoms with van der Waals surface area (Å²) in [4.78, 5) is 23.1. The molecule has 0 aliphatic heterocycles. The lowest BCUT2D eigenvalue weighted by Gasteiger charge is -2.62. The van der Waals surface area contributed by atoms with Crippen LogP contribution < -0.4 is 11.1 Å². The van der Waals surface area contributed by atoms with Gasteiger partial charge in [0, 0.05) is 19.4 Å². The topological polar surface area (TPSA) is 102 Å². The fourth-order valence-electron chi connectivity index (χ4n) is 9.26. The Labute approximate surface area is 206 Å². The van der Waals surface area contributed by atoms with Gasteiger partial charge in [0.15, 0.2) is 0 Å². The summed E-state index contributed by atoms with van der Waals surface area (Å²) >= 11 is 0. The molecule has 0 heterocycles. The first-order valence-electron chi connectivity index (χ1n) is 13.9. The number of rotatable bonds is 7. The maximum Gasteiger partial charge on any atom is 0.302 e. The van der Waals surface area contributed by atoms with Crippen molar-refractivity contribution in [3.8, 4) is 0 Å². The summed E-state index contributed by atoms with van der Waals surface area (Å²) in [7, 11) is 0. The highest BCUT2D eigenvalue weighted by Gasteiger charge is 2.62. The van der Waals surface area contributed by atoms with Crippen molar-refractivity contribution in [1.29, 1.82) is 0 Å². The molecule has 0 bridgehead atoms. The summed E-state index contributed by atoms with van der Waals surface area (Å²) in [5.74, 6) is 3.06. The molecule has 0 aromatic rings. The summed E-state index contributed by atoms with van der Waals surface area (Å²) in [5, 5.41) is 14.3. The first-order valence-corrected chi connectivity index (χ1v) is 13.9. The summed E-state index contributed by atoms with van der Waals surface area (Å²) in [6, 6.07) is 0.311. The molecule has 194 valence electrons. The molecule has 0 spiro atoms. The molecule has 8 unspecified atom stereocenters. The zero-order valence-electron chi connectivity index (χ0n) is 21.9. The number of fused-ring (bicyclic) bond motifs is 5. The van der Waals surface area contributed by atoms with E-state index in [0.29, 0.717) is 59.9 Å². The smallest absolute Gasteiger partial charge is 0.302 e. The van der Waals surface area contributed by atoms with Crippen molar-refractivity contribution in [2.75, 3.05) is 13.2 Å². The lowest BCUT2D eigenvalue weighted by molar-refractivity contribution is -0.166. The quantitative estimate of drug-likeness (QED) is 0.380. The lowest BCUT2D eigenvalue weighted by Crippen LogP contribution is -2.59. The molecule has 34 heavy (non-hydrogen) atoms. The van der Waals surface area contributed by atoms with E-state index in [1.54, 1.807) is 0 Å². The van der Waals surface area contributed by atoms with Gasteiger partial charge in [0.2, 0.25) is 5.91 Å². The van der Waals surface area contributed by atoms with Gasteiger partial charge in [-0.05, 0) is 104 Å². The van der Waals surface area contributed by atoms with Crippen LogP contribution in [0.5, 0.6) is 0 Å². The van der Waals surface area contributed by atoms with E-state index in [9.17, 15) is 14.7 Å². The number of amides is 1. The van der Waals surface area contributed by atoms with Gasteiger partial charge in [-0.3, -0.25) is 9.59 Å². The second kappa shape index (κ2) is 10.1. The third kappa shape index (κ3) is 4.78. The van der Waals surface area contributed by atoms with Crippen molar-refractivity contribution in [3.05, 3.63) is 0 Å². The molecule has 4 rings (SSSR count). The lowest BCUT2D eigenvalue weighted by atomic mass is 9.43. The average molecular weight is 477 g/mol. The Balaban J connectivity index is 1.36. The molecule has 6 heteroatoms. The van der Waals surface area contributed by atoms with Gasteiger partial charge in [0.25, 0.3) is 0 Å². The highest BCUT2D eigenvalue weighted by atomic mass is 16.5. The van der Waals surface area contributed by atoms with Crippen LogP contribution in [0.4, 0.5) is 0 Å². The molecule has 4 saturated carbocycles. The molecule has 4 aliphatic carbocycles. The second-order valence-corrected chi connectivity index (χ2v) is 12.8. The number of hydrogen-bond acceptors (Lipinski definition) is 5. The average Bonchev–Trinajstić information content (AvgIpc) is 3.13. The molecule has 0 radical (unpaired) electrons. The number of aliphatic hydroxyl groups excluding tert-OH is 1. The summed E-state index contributed by atoms with van der Waals surface area (Å²) < 4.78 is 4.89. The monoisotopic (exact) mass is 476 g/mol. The van der Waals surface area contributed by atoms with Crippen molar-refractivity contribution >= 4 is 11.9 Å². The highest BCUT2D eigenvalue weighted by molar-refractivity contribution is 5.75. The third-order valence-electron chi connectivity index (χ3n) is 11.0. The molecule has 6 nitrogen and oxygen atoms in total. The number of carbonyl (C=O) groups is 2. The van der Waals surface area contributed by atoms with E-state index in [4.69, 9.17) is 10.5 Å². The van der Waals surface area contributed by atoms with Crippen LogP contribution in [0.1, 0.15) is 91.9 Å². The van der Waals surface area contributed by atoms with Crippen molar-refractivity contribution < 1.29 is 19.4 Å². The van der Waals surface area contributed by atoms with Gasteiger partial charge in [-0.15, -0.1) is 0 Å². The minimum absolute atomic E-state index is 0.0413. The maximum absolute atomic E-state index is 12.3. The molecule has 0 saturated heterocycles. The first-order chi connectivity index (χ1) is 16.1. The Kier molecular flexibility index (Phi) is 7.69. The predicted octanol–water partition coefficient (Wildman–Crippen LogP) is 4.04. The third-order valence-corrected chi connectivity index (χ3v) is 11.0. The molecule has 4 aliphatic rings. The van der Waals surface area contributed by atoms with E-state index in [1.165, 1.54) is 39.0 Å². The molecule has 4 N–H and O–H groups in total. The minimum atomic E-state index is -0.318. The number of nitrogens with two attached hydrogens (primary N) is 1. The summed E-state index contributed by atoms with van der Waals surface area (Å²) in [6.07, 6.45) is 10.5. The van der Waals surface area contributed by atoms with Crippen molar-refractivity contribution in [3.63, 3.8) is 0 Å². The maximum atomic E-state index is 12.3. The Morgan fingerprint density at radius 2 is 1.79 bits per heavy atom. The van der Waals surface area contributed by atoms with Crippen LogP contribution in [0.25, 0.3) is 0 Å². The second-order valence-electron chi connectivity index (χ2n) is 12.8. The number of ether oxygens (including phenoxy) is 1. The van der Waals surface area contributed by atoms with Gasteiger partial charge in [0.05, 0.1) is 12.6 Å². The van der Waals surface area contributed by atoms with Gasteiger partial charge in [-0.1, -0.05) is 20.8 Å². The van der Waals surface area contributed by atoms with E-state index in [2.05, 4.69) is 26.1 Å². The number of aliphatic hydroxyl groups is 1. The summed E-state index contributed by atoms with van der Waals surface area (Å²) in [6.45, 7) is 9.33. The largest absolute Gasteiger partial charge is 0.464 e. The van der Waals surface area contributed by atoms with E-state index in [-0.39, 0.29) is 30.0 Å². The molecule has 1 amide bonds. The van der Waals surface area contributed by atoms with Crippen molar-refractivity contribution in [1.82, 2.24) is 5.32 Å². The van der Waals surface area contributed by atoms with Crippen molar-refractivity contribution in [2.24, 2.45) is 52.1 Å². The molecular formula is C28H48N2O4. The Morgan fingerprint density at radius 3 is 2.53 bits per heavy atom. The van der Waals surface area contributed by atoms with Crippen molar-refractivity contribution in [2.45, 2.75) is 104 Å². The highest BCUT2D eigenvalue weighted by Crippen LogP contribution is 2.68. The zero-order valence-corrected chi connectivity index (χ0v) is 21.9. The van der Waals surface area contributed by atoms with Crippen LogP contribution in [0.3, 0.4) is 0 Å². The summed E-state index contributed by atoms with van der Waals surface area (Å²) in [5.41, 5.74) is 6.95. The van der Waals surface area contributed by atoms with E-state index in [1.807, 2.05) is 0 Å². The van der Waals surface area contributed by atoms with Crippen LogP contribution in [0, 0.1) is 46.3 Å². The van der Waals surface area contributed by atoms with Gasteiger partial charge in [-0.25, -0.2) is 0 Å². The molecular weight excluding hydrogens is 428 g/mol. The normalized spacial score (nSPS) is 44.4. The molecule has 0 aromatic carbocycles. The van der Waals surface area contributed by atoms with Gasteiger partial charge < -0.3 is 20.9 Å². The van der Waals surface area contributed by atoms with Crippen LogP contribution in [-0.2, 0) is 14.3 Å². The van der Waals surface area contributed by atoms with Crippen LogP contribution in [-0.4, -0.2) is 42.3 Å². The Bertz CT molecular complexity index is 759. The first kappa shape index (κ1) is 25.9. The fraction of sp³-hybridized carbons (Fsp3) is 0.929. The van der Waals surface area contributed by atoms with Gasteiger partial charge >= 0.3 is 5.97 Å². The van der Waals surface area contributed by atoms with Crippen LogP contribution in [0.2, 0.25) is 0 Å². The van der Waals surface area contributed by atoms with Gasteiger partial charge in [0.1, 0.15) is 6.61 Å². The molecule has 0 aromatic heterocycles. The van der Waals surface area contributed by atoms with E-state index >= 15 is 0 Å². The number of carbonyl (C=O) groups excluding carboxylic acids is 2. The number of nitrogens with one attached hydrogen (secondary N) is 1. The number of esters is 1. The van der Waals surface area contributed by atoms with Gasteiger partial charge in [-0.2, -0.15) is 0 Å². The minimum Gasteiger partial charge on any atom is -0.464 e. The van der Waals surface area contributed by atoms with E-state index < -0.39 is 0 Å². The Morgan fingerprint density at radius 1 is 1.09 bits per heavy atom. The standard InChI is InChI=1S/C28H48N2O4/c1-17(5-8-25(33)30-13-14-34-18(2)31)21-6-7-22-26-23(10-12-28(21,22)4)27(3)11-9-20(29)15-19(27)16-24(26)32/h17,19-24,26,32H,5-16,29H2,1-4H3,(H,30,33)/t17-,19?,20-,21?,22?,23?,24?,26?,27?,28?/m1/s1. The van der Waals surface area contributed by atoms with Crippen LogP contribution >= 0.6 is 0 Å². The van der Waals surface area contributed by atoms with Crippen LogP contribution in [0.15, 0.2) is 0 Å². The van der Waals surface area contributed by atoms with E-state index in [0.717, 1.165) is 25.7 Å². The fourth-order valence-corrected chi connectivity index (χ4v) is 9.26. The number of hydrogen-bond donors (Lipinski definition) is 3.